The summed E-state index contributed by atoms with van der Waals surface area (Å²) in [5, 5.41) is 3.40. The van der Waals surface area contributed by atoms with Gasteiger partial charge in [0.2, 0.25) is 0 Å². The van der Waals surface area contributed by atoms with Gasteiger partial charge in [0, 0.05) is 12.0 Å². The molecule has 3 nitrogen and oxygen atoms in total. The molecular weight excluding hydrogens is 226 g/mol. The molecule has 0 unspecified atom stereocenters. The third-order valence-electron chi connectivity index (χ3n) is 3.09. The van der Waals surface area contributed by atoms with Crippen molar-refractivity contribution in [2.24, 2.45) is 11.3 Å². The van der Waals surface area contributed by atoms with Gasteiger partial charge in [0.05, 0.1) is 0 Å². The van der Waals surface area contributed by atoms with E-state index < -0.39 is 5.60 Å². The van der Waals surface area contributed by atoms with Crippen molar-refractivity contribution in [1.29, 1.82) is 0 Å². The molecule has 3 heteroatoms. The minimum absolute atomic E-state index is 0.0941. The van der Waals surface area contributed by atoms with Crippen LogP contribution in [0.5, 0.6) is 0 Å². The summed E-state index contributed by atoms with van der Waals surface area (Å²) >= 11 is 0. The van der Waals surface area contributed by atoms with Crippen molar-refractivity contribution in [3.05, 3.63) is 12.2 Å². The van der Waals surface area contributed by atoms with Crippen LogP contribution in [0.15, 0.2) is 12.2 Å². The van der Waals surface area contributed by atoms with E-state index in [0.29, 0.717) is 0 Å². The molecule has 0 aliphatic carbocycles. The number of nitrogens with one attached hydrogen (secondary N) is 1. The molecule has 0 fully saturated rings. The molecule has 1 heterocycles. The highest BCUT2D eigenvalue weighted by atomic mass is 16.6. The van der Waals surface area contributed by atoms with Crippen LogP contribution in [0.25, 0.3) is 0 Å². The van der Waals surface area contributed by atoms with Gasteiger partial charge in [-0.15, -0.1) is 0 Å². The summed E-state index contributed by atoms with van der Waals surface area (Å²) < 4.78 is 5.47. The van der Waals surface area contributed by atoms with Crippen molar-refractivity contribution >= 4 is 5.97 Å². The lowest BCUT2D eigenvalue weighted by molar-refractivity contribution is -0.159. The van der Waals surface area contributed by atoms with Crippen LogP contribution in [0.2, 0.25) is 0 Å². The van der Waals surface area contributed by atoms with E-state index in [2.05, 4.69) is 38.2 Å². The van der Waals surface area contributed by atoms with E-state index in [-0.39, 0.29) is 29.4 Å². The van der Waals surface area contributed by atoms with Gasteiger partial charge in [-0.05, 0) is 26.2 Å². The summed E-state index contributed by atoms with van der Waals surface area (Å²) in [5.74, 6) is 0.00653. The predicted molar refractivity (Wildman–Crippen MR) is 74.3 cm³/mol. The van der Waals surface area contributed by atoms with Gasteiger partial charge >= 0.3 is 5.97 Å². The molecule has 0 saturated carbocycles. The van der Waals surface area contributed by atoms with Crippen LogP contribution in [0, 0.1) is 11.3 Å². The molecule has 0 aromatic carbocycles. The molecular formula is C15H27NO2. The van der Waals surface area contributed by atoms with Gasteiger partial charge < -0.3 is 4.74 Å². The molecule has 0 spiro atoms. The van der Waals surface area contributed by atoms with Crippen LogP contribution < -0.4 is 5.32 Å². The average Bonchev–Trinajstić information content (AvgIpc) is 2.13. The highest BCUT2D eigenvalue weighted by Gasteiger charge is 2.35. The van der Waals surface area contributed by atoms with Gasteiger partial charge in [0.15, 0.2) is 0 Å². The first-order valence-corrected chi connectivity index (χ1v) is 6.68. The first-order valence-electron chi connectivity index (χ1n) is 6.68. The minimum atomic E-state index is -0.434. The van der Waals surface area contributed by atoms with Gasteiger partial charge in [-0.3, -0.25) is 10.1 Å². The van der Waals surface area contributed by atoms with Crippen LogP contribution in [0.1, 0.15) is 48.5 Å². The number of hydrogen-bond acceptors (Lipinski definition) is 3. The largest absolute Gasteiger partial charge is 0.459 e. The van der Waals surface area contributed by atoms with Crippen molar-refractivity contribution in [2.45, 2.75) is 66.2 Å². The number of carbonyl (C=O) groups is 1. The fourth-order valence-electron chi connectivity index (χ4n) is 1.98. The Kier molecular flexibility index (Phi) is 4.26. The summed E-state index contributed by atoms with van der Waals surface area (Å²) in [6.45, 7) is 14.2. The number of esters is 1. The molecule has 18 heavy (non-hydrogen) atoms. The van der Waals surface area contributed by atoms with E-state index in [1.807, 2.05) is 27.7 Å². The van der Waals surface area contributed by atoms with Crippen LogP contribution in [-0.4, -0.2) is 23.7 Å². The minimum Gasteiger partial charge on any atom is -0.459 e. The second kappa shape index (κ2) is 5.04. The van der Waals surface area contributed by atoms with Crippen molar-refractivity contribution in [3.8, 4) is 0 Å². The molecule has 1 N–H and O–H groups in total. The maximum atomic E-state index is 12.2. The monoisotopic (exact) mass is 253 g/mol. The maximum Gasteiger partial charge on any atom is 0.324 e. The molecule has 1 aliphatic rings. The molecule has 3 atom stereocenters. The Morgan fingerprint density at radius 2 is 1.67 bits per heavy atom. The lowest BCUT2D eigenvalue weighted by atomic mass is 9.82. The first-order chi connectivity index (χ1) is 8.00. The summed E-state index contributed by atoms with van der Waals surface area (Å²) in [4.78, 5) is 12.2. The van der Waals surface area contributed by atoms with Gasteiger partial charge in [0.1, 0.15) is 11.6 Å². The zero-order chi connectivity index (χ0) is 14.1. The number of rotatable bonds is 1. The highest BCUT2D eigenvalue weighted by molar-refractivity contribution is 5.77. The Bertz CT molecular complexity index is 333. The molecule has 0 saturated heterocycles. The van der Waals surface area contributed by atoms with Gasteiger partial charge in [-0.2, -0.15) is 0 Å². The molecule has 0 amide bonds. The molecule has 1 aliphatic heterocycles. The van der Waals surface area contributed by atoms with Gasteiger partial charge in [-0.1, -0.05) is 39.8 Å². The fourth-order valence-corrected chi connectivity index (χ4v) is 1.98. The zero-order valence-corrected chi connectivity index (χ0v) is 12.7. The van der Waals surface area contributed by atoms with Crippen LogP contribution in [0.3, 0.4) is 0 Å². The van der Waals surface area contributed by atoms with Gasteiger partial charge in [0.25, 0.3) is 0 Å². The van der Waals surface area contributed by atoms with E-state index >= 15 is 0 Å². The fraction of sp³-hybridized carbons (Fsp3) is 0.800. The SMILES string of the molecule is C[C@@H]1C=C[C@@H](C(C)(C)C)N[C@H]1C(=O)OC(C)(C)C. The second-order valence-electron chi connectivity index (χ2n) is 7.27. The summed E-state index contributed by atoms with van der Waals surface area (Å²) in [7, 11) is 0. The Hall–Kier alpha value is -0.830. The van der Waals surface area contributed by atoms with E-state index in [0.717, 1.165) is 0 Å². The topological polar surface area (TPSA) is 38.3 Å². The molecule has 104 valence electrons. The standard InChI is InChI=1S/C15H27NO2/c1-10-8-9-11(14(2,3)4)16-12(10)13(17)18-15(5,6)7/h8-12,16H,1-7H3/t10-,11+,12-/m1/s1. The lowest BCUT2D eigenvalue weighted by Gasteiger charge is -2.38. The Labute approximate surface area is 111 Å². The van der Waals surface area contributed by atoms with Crippen molar-refractivity contribution in [1.82, 2.24) is 5.32 Å². The molecule has 0 aromatic rings. The van der Waals surface area contributed by atoms with Crippen molar-refractivity contribution in [2.75, 3.05) is 0 Å². The lowest BCUT2D eigenvalue weighted by Crippen LogP contribution is -2.54. The van der Waals surface area contributed by atoms with E-state index in [1.165, 1.54) is 0 Å². The summed E-state index contributed by atoms with van der Waals surface area (Å²) in [6.07, 6.45) is 4.27. The second-order valence-corrected chi connectivity index (χ2v) is 7.27. The first kappa shape index (κ1) is 15.2. The Morgan fingerprint density at radius 1 is 1.11 bits per heavy atom. The quantitative estimate of drug-likeness (QED) is 0.577. The zero-order valence-electron chi connectivity index (χ0n) is 12.7. The molecule has 0 bridgehead atoms. The van der Waals surface area contributed by atoms with Crippen LogP contribution in [-0.2, 0) is 9.53 Å². The van der Waals surface area contributed by atoms with Gasteiger partial charge in [-0.25, -0.2) is 0 Å². The van der Waals surface area contributed by atoms with E-state index in [1.54, 1.807) is 0 Å². The van der Waals surface area contributed by atoms with Crippen molar-refractivity contribution < 1.29 is 9.53 Å². The smallest absolute Gasteiger partial charge is 0.324 e. The Morgan fingerprint density at radius 3 is 2.11 bits per heavy atom. The molecule has 0 radical (unpaired) electrons. The van der Waals surface area contributed by atoms with Crippen molar-refractivity contribution in [3.63, 3.8) is 0 Å². The normalized spacial score (nSPS) is 29.2. The van der Waals surface area contributed by atoms with Crippen LogP contribution in [0.4, 0.5) is 0 Å². The number of carbonyl (C=O) groups excluding carboxylic acids is 1. The van der Waals surface area contributed by atoms with E-state index in [9.17, 15) is 4.79 Å². The molecule has 0 aromatic heterocycles. The predicted octanol–water partition coefficient (Wildman–Crippen LogP) is 2.91. The third-order valence-corrected chi connectivity index (χ3v) is 3.09. The molecule has 1 rings (SSSR count). The average molecular weight is 253 g/mol. The third kappa shape index (κ3) is 4.13. The number of ether oxygens (including phenoxy) is 1. The van der Waals surface area contributed by atoms with E-state index in [4.69, 9.17) is 4.74 Å². The highest BCUT2D eigenvalue weighted by Crippen LogP contribution is 2.26. The number of hydrogen-bond donors (Lipinski definition) is 1. The maximum absolute atomic E-state index is 12.2. The summed E-state index contributed by atoms with van der Waals surface area (Å²) in [5.41, 5.74) is -0.340. The van der Waals surface area contributed by atoms with Crippen LogP contribution >= 0.6 is 0 Å². The Balaban J connectivity index is 2.78. The summed E-state index contributed by atoms with van der Waals surface area (Å²) in [6, 6.07) is -0.0512.